The Balaban J connectivity index is 1.66. The van der Waals surface area contributed by atoms with E-state index in [1.807, 2.05) is 12.1 Å². The van der Waals surface area contributed by atoms with Crippen LogP contribution in [0.25, 0.3) is 0 Å². The number of morpholine rings is 1. The van der Waals surface area contributed by atoms with Crippen molar-refractivity contribution in [3.63, 3.8) is 0 Å². The largest absolute Gasteiger partial charge is 0.375 e. The number of rotatable bonds is 5. The van der Waals surface area contributed by atoms with Gasteiger partial charge in [-0.15, -0.1) is 0 Å². The average molecular weight is 396 g/mol. The summed E-state index contributed by atoms with van der Waals surface area (Å²) in [7, 11) is -3.17. The third-order valence-electron chi connectivity index (χ3n) is 4.87. The van der Waals surface area contributed by atoms with Crippen LogP contribution in [0.3, 0.4) is 0 Å². The second-order valence-corrected chi connectivity index (χ2v) is 9.01. The zero-order valence-corrected chi connectivity index (χ0v) is 16.9. The fourth-order valence-corrected chi connectivity index (χ4v) is 4.05. The first kappa shape index (κ1) is 20.1. The molecule has 0 saturated carbocycles. The van der Waals surface area contributed by atoms with E-state index in [-0.39, 0.29) is 12.2 Å². The van der Waals surface area contributed by atoms with Crippen LogP contribution in [-0.4, -0.2) is 70.6 Å². The molecule has 150 valence electrons. The van der Waals surface area contributed by atoms with Crippen LogP contribution in [0.2, 0.25) is 0 Å². The van der Waals surface area contributed by atoms with Crippen molar-refractivity contribution in [2.75, 3.05) is 39.1 Å². The van der Waals surface area contributed by atoms with Gasteiger partial charge in [0, 0.05) is 32.5 Å². The van der Waals surface area contributed by atoms with Crippen molar-refractivity contribution in [1.29, 1.82) is 0 Å². The second kappa shape index (κ2) is 9.03. The minimum absolute atomic E-state index is 0.0825. The number of benzene rings is 1. The summed E-state index contributed by atoms with van der Waals surface area (Å²) in [5.41, 5.74) is 0.974. The van der Waals surface area contributed by atoms with Gasteiger partial charge in [0.15, 0.2) is 15.8 Å². The smallest absolute Gasteiger partial charge is 0.194 e. The quantitative estimate of drug-likeness (QED) is 0.600. The molecule has 2 aliphatic heterocycles. The number of hydrogen-bond donors (Lipinski definition) is 1. The zero-order chi connectivity index (χ0) is 19.3. The van der Waals surface area contributed by atoms with Crippen molar-refractivity contribution in [2.24, 2.45) is 4.99 Å². The fraction of sp³-hybridized carbons (Fsp3) is 0.632. The van der Waals surface area contributed by atoms with Gasteiger partial charge < -0.3 is 19.7 Å². The SMILES string of the molecule is CCNC(=NCc1ccc(S(C)(=O)=O)cc1)N1CCOC(C2CCCO2)C1. The van der Waals surface area contributed by atoms with Crippen LogP contribution in [0.15, 0.2) is 34.2 Å². The van der Waals surface area contributed by atoms with Crippen molar-refractivity contribution >= 4 is 15.8 Å². The standard InChI is InChI=1S/C19H29N3O4S/c1-3-20-19(21-13-15-6-8-16(9-7-15)27(2,23)24)22-10-12-26-18(14-22)17-5-4-11-25-17/h6-9,17-18H,3-5,10-14H2,1-2H3,(H,20,21). The van der Waals surface area contributed by atoms with Gasteiger partial charge >= 0.3 is 0 Å². The Bertz CT molecular complexity index is 743. The van der Waals surface area contributed by atoms with Crippen LogP contribution in [0.4, 0.5) is 0 Å². The van der Waals surface area contributed by atoms with Gasteiger partial charge in [0.25, 0.3) is 0 Å². The Morgan fingerprint density at radius 3 is 2.59 bits per heavy atom. The summed E-state index contributed by atoms with van der Waals surface area (Å²) in [5.74, 6) is 0.857. The predicted octanol–water partition coefficient (Wildman–Crippen LogP) is 1.44. The Kier molecular flexibility index (Phi) is 6.73. The van der Waals surface area contributed by atoms with Gasteiger partial charge in [-0.2, -0.15) is 0 Å². The molecular weight excluding hydrogens is 366 g/mol. The molecule has 2 aliphatic rings. The first-order chi connectivity index (χ1) is 13.0. The van der Waals surface area contributed by atoms with Gasteiger partial charge in [-0.3, -0.25) is 0 Å². The number of nitrogens with one attached hydrogen (secondary N) is 1. The number of nitrogens with zero attached hydrogens (tertiary/aromatic N) is 2. The maximum atomic E-state index is 11.6. The molecule has 2 fully saturated rings. The number of guanidine groups is 1. The Morgan fingerprint density at radius 1 is 1.22 bits per heavy atom. The van der Waals surface area contributed by atoms with Crippen LogP contribution in [0.1, 0.15) is 25.3 Å². The summed E-state index contributed by atoms with van der Waals surface area (Å²) in [4.78, 5) is 7.30. The second-order valence-electron chi connectivity index (χ2n) is 6.99. The van der Waals surface area contributed by atoms with Crippen LogP contribution in [-0.2, 0) is 25.9 Å². The Hall–Kier alpha value is -1.64. The molecule has 0 aromatic heterocycles. The van der Waals surface area contributed by atoms with Gasteiger partial charge in [-0.05, 0) is 37.5 Å². The van der Waals surface area contributed by atoms with Gasteiger partial charge in [-0.1, -0.05) is 12.1 Å². The van der Waals surface area contributed by atoms with Gasteiger partial charge in [0.1, 0.15) is 6.10 Å². The van der Waals surface area contributed by atoms with Gasteiger partial charge in [0.05, 0.1) is 24.2 Å². The number of sulfone groups is 1. The van der Waals surface area contributed by atoms with Crippen molar-refractivity contribution < 1.29 is 17.9 Å². The fourth-order valence-electron chi connectivity index (χ4n) is 3.42. The van der Waals surface area contributed by atoms with E-state index in [4.69, 9.17) is 14.5 Å². The molecule has 0 aliphatic carbocycles. The van der Waals surface area contributed by atoms with Crippen LogP contribution in [0.5, 0.6) is 0 Å². The minimum Gasteiger partial charge on any atom is -0.375 e. The highest BCUT2D eigenvalue weighted by molar-refractivity contribution is 7.90. The maximum Gasteiger partial charge on any atom is 0.194 e. The van der Waals surface area contributed by atoms with Crippen molar-refractivity contribution in [2.45, 2.75) is 43.4 Å². The van der Waals surface area contributed by atoms with E-state index in [0.29, 0.717) is 18.0 Å². The van der Waals surface area contributed by atoms with E-state index in [1.165, 1.54) is 6.26 Å². The molecule has 1 aromatic carbocycles. The maximum absolute atomic E-state index is 11.6. The average Bonchev–Trinajstić information content (AvgIpc) is 3.20. The van der Waals surface area contributed by atoms with E-state index in [0.717, 1.165) is 50.6 Å². The molecule has 1 N–H and O–H groups in total. The molecule has 1 aromatic rings. The molecule has 0 radical (unpaired) electrons. The normalized spacial score (nSPS) is 24.2. The predicted molar refractivity (Wildman–Crippen MR) is 105 cm³/mol. The molecule has 0 amide bonds. The van der Waals surface area contributed by atoms with E-state index < -0.39 is 9.84 Å². The van der Waals surface area contributed by atoms with E-state index >= 15 is 0 Å². The molecule has 2 unspecified atom stereocenters. The van der Waals surface area contributed by atoms with Gasteiger partial charge in [0.2, 0.25) is 0 Å². The summed E-state index contributed by atoms with van der Waals surface area (Å²) >= 11 is 0. The topological polar surface area (TPSA) is 80.2 Å². The summed E-state index contributed by atoms with van der Waals surface area (Å²) in [6.45, 7) is 6.38. The van der Waals surface area contributed by atoms with Crippen molar-refractivity contribution in [3.8, 4) is 0 Å². The van der Waals surface area contributed by atoms with Crippen LogP contribution >= 0.6 is 0 Å². The highest BCUT2D eigenvalue weighted by Gasteiger charge is 2.32. The monoisotopic (exact) mass is 395 g/mol. The molecule has 3 rings (SSSR count). The van der Waals surface area contributed by atoms with Crippen molar-refractivity contribution in [1.82, 2.24) is 10.2 Å². The summed E-state index contributed by atoms with van der Waals surface area (Å²) < 4.78 is 34.9. The summed E-state index contributed by atoms with van der Waals surface area (Å²) in [6, 6.07) is 6.90. The lowest BCUT2D eigenvalue weighted by molar-refractivity contribution is -0.0817. The molecule has 2 saturated heterocycles. The Labute approximate surface area is 161 Å². The molecule has 8 heteroatoms. The Morgan fingerprint density at radius 2 is 1.96 bits per heavy atom. The van der Waals surface area contributed by atoms with E-state index in [2.05, 4.69) is 17.1 Å². The van der Waals surface area contributed by atoms with Gasteiger partial charge in [-0.25, -0.2) is 13.4 Å². The lowest BCUT2D eigenvalue weighted by atomic mass is 10.1. The lowest BCUT2D eigenvalue weighted by Gasteiger charge is -2.37. The van der Waals surface area contributed by atoms with E-state index in [1.54, 1.807) is 12.1 Å². The van der Waals surface area contributed by atoms with Crippen molar-refractivity contribution in [3.05, 3.63) is 29.8 Å². The third kappa shape index (κ3) is 5.43. The van der Waals surface area contributed by atoms with Crippen LogP contribution in [0, 0.1) is 0 Å². The molecule has 27 heavy (non-hydrogen) atoms. The highest BCUT2D eigenvalue weighted by Crippen LogP contribution is 2.21. The molecule has 2 heterocycles. The molecule has 2 atom stereocenters. The van der Waals surface area contributed by atoms with Crippen LogP contribution < -0.4 is 5.32 Å². The number of hydrogen-bond acceptors (Lipinski definition) is 5. The van der Waals surface area contributed by atoms with E-state index in [9.17, 15) is 8.42 Å². The minimum atomic E-state index is -3.17. The lowest BCUT2D eigenvalue weighted by Crippen LogP contribution is -2.53. The number of ether oxygens (including phenoxy) is 2. The molecule has 7 nitrogen and oxygen atoms in total. The highest BCUT2D eigenvalue weighted by atomic mass is 32.2. The molecule has 0 bridgehead atoms. The third-order valence-corrected chi connectivity index (χ3v) is 6.00. The summed E-state index contributed by atoms with van der Waals surface area (Å²) in [5, 5.41) is 3.35. The number of aliphatic imine (C=N–C) groups is 1. The summed E-state index contributed by atoms with van der Waals surface area (Å²) in [6.07, 6.45) is 3.63. The zero-order valence-electron chi connectivity index (χ0n) is 16.1. The first-order valence-electron chi connectivity index (χ1n) is 9.53. The molecule has 0 spiro atoms. The first-order valence-corrected chi connectivity index (χ1v) is 11.4. The molecular formula is C19H29N3O4S.